The fourth-order valence-electron chi connectivity index (χ4n) is 2.84. The largest absolute Gasteiger partial charge is 0.423 e. The molecule has 2 rings (SSSR count). The molecule has 0 unspecified atom stereocenters. The number of fused-ring (bicyclic) bond motifs is 1. The number of hydrogen-bond acceptors (Lipinski definition) is 3. The van der Waals surface area contributed by atoms with E-state index in [-0.39, 0.29) is 5.63 Å². The Morgan fingerprint density at radius 1 is 0.955 bits per heavy atom. The average Bonchev–Trinajstić information content (AvgIpc) is 2.50. The number of nitrogen functional groups attached to an aromatic ring is 1. The van der Waals surface area contributed by atoms with Crippen LogP contribution in [0.3, 0.4) is 0 Å². The lowest BCUT2D eigenvalue weighted by Crippen LogP contribution is -1.98. The molecule has 0 atom stereocenters. The summed E-state index contributed by atoms with van der Waals surface area (Å²) < 4.78 is 5.23. The van der Waals surface area contributed by atoms with Crippen molar-refractivity contribution in [2.45, 2.75) is 64.7 Å². The van der Waals surface area contributed by atoms with Crippen LogP contribution in [-0.2, 0) is 6.42 Å². The van der Waals surface area contributed by atoms with Crippen LogP contribution in [0.25, 0.3) is 11.0 Å². The number of unbranched alkanes of at least 4 members (excludes halogenated alkanes) is 7. The number of aryl methyl sites for hydroxylation is 1. The van der Waals surface area contributed by atoms with Gasteiger partial charge in [0.1, 0.15) is 5.58 Å². The zero-order valence-electron chi connectivity index (χ0n) is 13.6. The van der Waals surface area contributed by atoms with Crippen molar-refractivity contribution in [2.24, 2.45) is 0 Å². The molecule has 1 aromatic heterocycles. The summed E-state index contributed by atoms with van der Waals surface area (Å²) in [6.45, 7) is 2.25. The van der Waals surface area contributed by atoms with Gasteiger partial charge >= 0.3 is 5.63 Å². The zero-order valence-corrected chi connectivity index (χ0v) is 13.6. The molecule has 22 heavy (non-hydrogen) atoms. The molecule has 120 valence electrons. The Morgan fingerprint density at radius 3 is 2.36 bits per heavy atom. The first-order chi connectivity index (χ1) is 10.7. The molecule has 2 N–H and O–H groups in total. The first-order valence-electron chi connectivity index (χ1n) is 8.53. The van der Waals surface area contributed by atoms with Crippen LogP contribution in [-0.4, -0.2) is 0 Å². The first-order valence-corrected chi connectivity index (χ1v) is 8.53. The predicted octanol–water partition coefficient (Wildman–Crippen LogP) is 5.06. The summed E-state index contributed by atoms with van der Waals surface area (Å²) in [4.78, 5) is 11.3. The van der Waals surface area contributed by atoms with Crippen molar-refractivity contribution in [2.75, 3.05) is 5.73 Å². The van der Waals surface area contributed by atoms with E-state index >= 15 is 0 Å². The van der Waals surface area contributed by atoms with E-state index in [2.05, 4.69) is 6.92 Å². The second kappa shape index (κ2) is 8.62. The van der Waals surface area contributed by atoms with Crippen LogP contribution in [0.2, 0.25) is 0 Å². The quantitative estimate of drug-likeness (QED) is 0.400. The lowest BCUT2D eigenvalue weighted by atomic mass is 10.0. The minimum absolute atomic E-state index is 0.310. The van der Waals surface area contributed by atoms with E-state index in [1.165, 1.54) is 51.0 Å². The van der Waals surface area contributed by atoms with E-state index < -0.39 is 0 Å². The molecule has 0 fully saturated rings. The third-order valence-corrected chi connectivity index (χ3v) is 4.18. The van der Waals surface area contributed by atoms with Crippen molar-refractivity contribution in [1.82, 2.24) is 0 Å². The van der Waals surface area contributed by atoms with Gasteiger partial charge in [0.05, 0.1) is 0 Å². The molecule has 0 aliphatic rings. The minimum Gasteiger partial charge on any atom is -0.423 e. The van der Waals surface area contributed by atoms with Gasteiger partial charge in [0.2, 0.25) is 0 Å². The summed E-state index contributed by atoms with van der Waals surface area (Å²) in [5.41, 5.74) is 8.31. The van der Waals surface area contributed by atoms with E-state index in [1.807, 2.05) is 12.1 Å². The molecule has 3 nitrogen and oxygen atoms in total. The maximum atomic E-state index is 11.3. The molecule has 1 heterocycles. The molecular weight excluding hydrogens is 274 g/mol. The monoisotopic (exact) mass is 301 g/mol. The highest BCUT2D eigenvalue weighted by Crippen LogP contribution is 2.23. The Balaban J connectivity index is 1.81. The van der Waals surface area contributed by atoms with Gasteiger partial charge in [0, 0.05) is 17.1 Å². The van der Waals surface area contributed by atoms with Crippen molar-refractivity contribution < 1.29 is 4.42 Å². The maximum Gasteiger partial charge on any atom is 0.336 e. The van der Waals surface area contributed by atoms with Crippen molar-refractivity contribution >= 4 is 16.7 Å². The van der Waals surface area contributed by atoms with Gasteiger partial charge in [-0.25, -0.2) is 4.79 Å². The third kappa shape index (κ3) is 4.90. The molecule has 0 saturated heterocycles. The molecule has 0 aliphatic heterocycles. The van der Waals surface area contributed by atoms with Crippen LogP contribution in [0.4, 0.5) is 5.69 Å². The van der Waals surface area contributed by atoms with Gasteiger partial charge in [-0.05, 0) is 36.6 Å². The molecule has 1 aromatic carbocycles. The molecular formula is C19H27NO2. The highest BCUT2D eigenvalue weighted by atomic mass is 16.4. The van der Waals surface area contributed by atoms with Gasteiger partial charge in [0.25, 0.3) is 0 Å². The molecule has 0 amide bonds. The molecule has 0 spiro atoms. The van der Waals surface area contributed by atoms with Crippen LogP contribution in [0.15, 0.2) is 33.5 Å². The summed E-state index contributed by atoms with van der Waals surface area (Å²) in [5.74, 6) is 0. The van der Waals surface area contributed by atoms with Crippen molar-refractivity contribution in [3.8, 4) is 0 Å². The van der Waals surface area contributed by atoms with E-state index in [1.54, 1.807) is 6.07 Å². The van der Waals surface area contributed by atoms with E-state index in [4.69, 9.17) is 10.2 Å². The molecule has 0 radical (unpaired) electrons. The fraction of sp³-hybridized carbons (Fsp3) is 0.526. The Labute approximate surface area is 132 Å². The summed E-state index contributed by atoms with van der Waals surface area (Å²) >= 11 is 0. The van der Waals surface area contributed by atoms with Gasteiger partial charge in [-0.3, -0.25) is 0 Å². The number of benzene rings is 1. The highest BCUT2D eigenvalue weighted by molar-refractivity contribution is 5.81. The summed E-state index contributed by atoms with van der Waals surface area (Å²) in [6, 6.07) is 7.02. The maximum absolute atomic E-state index is 11.3. The Bertz CT molecular complexity index is 645. The zero-order chi connectivity index (χ0) is 15.8. The van der Waals surface area contributed by atoms with Crippen LogP contribution in [0, 0.1) is 0 Å². The molecule has 0 bridgehead atoms. The van der Waals surface area contributed by atoms with Crippen molar-refractivity contribution in [3.63, 3.8) is 0 Å². The van der Waals surface area contributed by atoms with E-state index in [0.29, 0.717) is 5.58 Å². The molecule has 2 aromatic rings. The van der Waals surface area contributed by atoms with Crippen molar-refractivity contribution in [1.29, 1.82) is 0 Å². The summed E-state index contributed by atoms with van der Waals surface area (Å²) in [5, 5.41) is 0.886. The summed E-state index contributed by atoms with van der Waals surface area (Å²) in [6.07, 6.45) is 11.4. The lowest BCUT2D eigenvalue weighted by Gasteiger charge is -2.07. The van der Waals surface area contributed by atoms with Crippen LogP contribution in [0.5, 0.6) is 0 Å². The summed E-state index contributed by atoms with van der Waals surface area (Å²) in [7, 11) is 0. The molecule has 3 heteroatoms. The lowest BCUT2D eigenvalue weighted by molar-refractivity contribution is 0.559. The second-order valence-corrected chi connectivity index (χ2v) is 6.07. The number of nitrogens with two attached hydrogens (primary N) is 1. The van der Waals surface area contributed by atoms with Gasteiger partial charge < -0.3 is 10.2 Å². The second-order valence-electron chi connectivity index (χ2n) is 6.07. The van der Waals surface area contributed by atoms with Gasteiger partial charge in [0.15, 0.2) is 0 Å². The first kappa shape index (κ1) is 16.6. The van der Waals surface area contributed by atoms with Crippen LogP contribution >= 0.6 is 0 Å². The van der Waals surface area contributed by atoms with Gasteiger partial charge in [-0.1, -0.05) is 51.9 Å². The molecule has 0 saturated carbocycles. The minimum atomic E-state index is -0.310. The topological polar surface area (TPSA) is 56.2 Å². The SMILES string of the molecule is CCCCCCCCCCc1cc2oc(=O)ccc2cc1N. The fourth-order valence-corrected chi connectivity index (χ4v) is 2.84. The van der Waals surface area contributed by atoms with Gasteiger partial charge in [-0.2, -0.15) is 0 Å². The standard InChI is InChI=1S/C19H27NO2/c1-2-3-4-5-6-7-8-9-10-15-14-18-16(13-17(15)20)11-12-19(21)22-18/h11-14H,2-10,20H2,1H3. The van der Waals surface area contributed by atoms with Crippen molar-refractivity contribution in [3.05, 3.63) is 40.2 Å². The van der Waals surface area contributed by atoms with Crippen LogP contribution < -0.4 is 11.4 Å². The predicted molar refractivity (Wildman–Crippen MR) is 93.2 cm³/mol. The average molecular weight is 301 g/mol. The van der Waals surface area contributed by atoms with Gasteiger partial charge in [-0.15, -0.1) is 0 Å². The number of anilines is 1. The highest BCUT2D eigenvalue weighted by Gasteiger charge is 2.04. The van der Waals surface area contributed by atoms with E-state index in [0.717, 1.165) is 29.5 Å². The molecule has 0 aliphatic carbocycles. The smallest absolute Gasteiger partial charge is 0.336 e. The Morgan fingerprint density at radius 2 is 1.64 bits per heavy atom. The number of rotatable bonds is 9. The third-order valence-electron chi connectivity index (χ3n) is 4.18. The van der Waals surface area contributed by atoms with Crippen LogP contribution in [0.1, 0.15) is 63.9 Å². The Hall–Kier alpha value is -1.77. The van der Waals surface area contributed by atoms with E-state index in [9.17, 15) is 4.79 Å². The normalized spacial score (nSPS) is 11.1. The Kier molecular flexibility index (Phi) is 6.50. The number of hydrogen-bond donors (Lipinski definition) is 1.